The van der Waals surface area contributed by atoms with Gasteiger partial charge in [0.15, 0.2) is 0 Å². The molecule has 0 aliphatic heterocycles. The molecule has 0 radical (unpaired) electrons. The van der Waals surface area contributed by atoms with Crippen molar-refractivity contribution in [1.82, 2.24) is 24.9 Å². The molecule has 4 aromatic carbocycles. The smallest absolute Gasteiger partial charge is 0.218 e. The zero-order chi connectivity index (χ0) is 64.5. The second-order valence-electron chi connectivity index (χ2n) is 25.5. The fourth-order valence-corrected chi connectivity index (χ4v) is 13.6. The number of rotatable bonds is 44. The summed E-state index contributed by atoms with van der Waals surface area (Å²) in [5.41, 5.74) is 8.30. The Bertz CT molecular complexity index is 3660. The van der Waals surface area contributed by atoms with E-state index in [1.807, 2.05) is 36.4 Å². The van der Waals surface area contributed by atoms with Crippen LogP contribution in [0.4, 0.5) is 0 Å². The Balaban J connectivity index is 0.969. The molecule has 0 bridgehead atoms. The second-order valence-corrected chi connectivity index (χ2v) is 27.1. The third-order valence-electron chi connectivity index (χ3n) is 18.3. The van der Waals surface area contributed by atoms with Crippen molar-refractivity contribution in [3.63, 3.8) is 0 Å². The Morgan fingerprint density at radius 1 is 0.478 bits per heavy atom. The van der Waals surface area contributed by atoms with Gasteiger partial charge in [-0.25, -0.2) is 9.83 Å². The maximum Gasteiger partial charge on any atom is 0.218 e. The van der Waals surface area contributed by atoms with Gasteiger partial charge >= 0.3 is 0 Å². The highest BCUT2D eigenvalue weighted by Gasteiger charge is 2.31. The summed E-state index contributed by atoms with van der Waals surface area (Å²) in [6.45, 7) is 14.7. The number of aromatic nitrogens is 5. The first-order chi connectivity index (χ1) is 45.2. The summed E-state index contributed by atoms with van der Waals surface area (Å²) in [5, 5.41) is 14.0. The van der Waals surface area contributed by atoms with Gasteiger partial charge < -0.3 is 14.5 Å². The number of unbranched alkanes of at least 4 members (excludes halogenated alkanes) is 34. The number of allylic oxidation sites excluding steroid dienone is 1. The number of nitrogens with one attached hydrogen (secondary N) is 1. The van der Waals surface area contributed by atoms with Gasteiger partial charge in [-0.3, -0.25) is 15.0 Å². The SMILES string of the molecule is [C-]#[N+]/C(=C1/CC(c2ccc(OCCCCCCCCCCCCCCCCCCCC)cc2)=c2c1c(-c1ccc(OCCCCCCCCCCCCCCCCCCCC)cc1)[nH]/c2=C(/C#N)c1cnc2cc(Cl)c(Cl)cc2n1)c1cnc2cc(Cl)c(Cl)cc2n1. The van der Waals surface area contributed by atoms with Gasteiger partial charge in [-0.15, -0.1) is 0 Å². The number of hydrogen-bond acceptors (Lipinski definition) is 7. The van der Waals surface area contributed by atoms with E-state index in [0.717, 1.165) is 75.9 Å². The van der Waals surface area contributed by atoms with E-state index < -0.39 is 0 Å². The quantitative estimate of drug-likeness (QED) is 0.0299. The molecule has 0 atom stereocenters. The van der Waals surface area contributed by atoms with Crippen molar-refractivity contribution in [2.24, 2.45) is 0 Å². The van der Waals surface area contributed by atoms with Gasteiger partial charge in [-0.2, -0.15) is 5.26 Å². The van der Waals surface area contributed by atoms with Crippen LogP contribution in [0.1, 0.15) is 274 Å². The van der Waals surface area contributed by atoms with Crippen LogP contribution in [0.25, 0.3) is 60.6 Å². The molecule has 0 fully saturated rings. The Morgan fingerprint density at radius 3 is 1.21 bits per heavy atom. The predicted octanol–water partition coefficient (Wildman–Crippen LogP) is 24.1. The van der Waals surface area contributed by atoms with Crippen LogP contribution in [0, 0.1) is 17.9 Å². The largest absolute Gasteiger partial charge is 0.494 e. The fraction of sp³-hybridized carbons (Fsp3) is 0.519. The van der Waals surface area contributed by atoms with Crippen LogP contribution in [-0.2, 0) is 0 Å². The lowest BCUT2D eigenvalue weighted by Gasteiger charge is -2.12. The van der Waals surface area contributed by atoms with Crippen molar-refractivity contribution in [3.05, 3.63) is 150 Å². The maximum absolute atomic E-state index is 11.3. The van der Waals surface area contributed by atoms with Crippen molar-refractivity contribution < 1.29 is 9.47 Å². The maximum atomic E-state index is 11.3. The Morgan fingerprint density at radius 2 is 0.826 bits per heavy atom. The number of ether oxygens (including phenoxy) is 2. The number of benzene rings is 4. The molecule has 7 aromatic rings. The molecular formula is C79H99Cl4N7O2. The standard InChI is InChI=1S/C79H99Cl4N7O2/c1-4-6-8-10-12-14-16-18-20-22-24-26-28-30-32-34-36-38-48-91-60-44-40-58(41-45-60)62-50-63(78(85-3)74-57-87-70-52-66(81)68(83)54-72(70)89-74)76-75(62)79(64(55-84)73-56-86-69-51-65(80)67(82)53-71(69)88-73)90-77(76)59-42-46-61(47-43-59)92-49-39-37-35-33-31-29-27-25-23-21-19-17-15-13-11-9-7-5-2/h40-47,51-54,56-57,90H,4-39,48-50H2,1-2H3/b78-63-,79-64-. The first-order valence-electron chi connectivity index (χ1n) is 35.4. The minimum atomic E-state index is 0.265. The molecule has 0 saturated heterocycles. The first-order valence-corrected chi connectivity index (χ1v) is 36.9. The third kappa shape index (κ3) is 22.1. The molecule has 1 aliphatic rings. The molecule has 9 nitrogen and oxygen atoms in total. The van der Waals surface area contributed by atoms with Gasteiger partial charge in [0.2, 0.25) is 5.70 Å². The molecule has 0 unspecified atom stereocenters. The summed E-state index contributed by atoms with van der Waals surface area (Å²) >= 11 is 25.9. The summed E-state index contributed by atoms with van der Waals surface area (Å²) in [5.74, 6) is 1.56. The topological polar surface area (TPSA) is 114 Å². The molecule has 1 N–H and O–H groups in total. The molecule has 1 aliphatic carbocycles. The Labute approximate surface area is 570 Å². The highest BCUT2D eigenvalue weighted by Crippen LogP contribution is 2.42. The average molecular weight is 1320 g/mol. The van der Waals surface area contributed by atoms with E-state index in [9.17, 15) is 5.26 Å². The fourth-order valence-electron chi connectivity index (χ4n) is 12.9. The Kier molecular flexibility index (Phi) is 31.5. The second kappa shape index (κ2) is 40.3. The number of H-pyrrole nitrogens is 1. The first kappa shape index (κ1) is 71.9. The van der Waals surface area contributed by atoms with Crippen molar-refractivity contribution in [2.45, 2.75) is 251 Å². The molecule has 490 valence electrons. The van der Waals surface area contributed by atoms with Gasteiger partial charge in [0.1, 0.15) is 28.8 Å². The predicted molar refractivity (Wildman–Crippen MR) is 388 cm³/mol. The average Bonchev–Trinajstić information content (AvgIpc) is 1.58. The molecule has 0 amide bonds. The van der Waals surface area contributed by atoms with Crippen LogP contribution in [-0.4, -0.2) is 38.1 Å². The number of fused-ring (bicyclic) bond motifs is 3. The third-order valence-corrected chi connectivity index (χ3v) is 19.7. The minimum Gasteiger partial charge on any atom is -0.494 e. The van der Waals surface area contributed by atoms with E-state index in [-0.39, 0.29) is 5.57 Å². The van der Waals surface area contributed by atoms with E-state index in [0.29, 0.717) is 84.2 Å². The van der Waals surface area contributed by atoms with Crippen molar-refractivity contribution >= 4 is 90.9 Å². The van der Waals surface area contributed by atoms with Crippen molar-refractivity contribution in [3.8, 4) is 28.8 Å². The molecule has 3 heterocycles. The number of aromatic amines is 1. The molecule has 3 aromatic heterocycles. The Hall–Kier alpha value is -5.94. The van der Waals surface area contributed by atoms with E-state index in [1.54, 1.807) is 36.7 Å². The number of nitriles is 1. The lowest BCUT2D eigenvalue weighted by atomic mass is 9.98. The van der Waals surface area contributed by atoms with Crippen LogP contribution < -0.4 is 20.0 Å². The van der Waals surface area contributed by atoms with Gasteiger partial charge in [-0.1, -0.05) is 291 Å². The normalized spacial score (nSPS) is 13.0. The lowest BCUT2D eigenvalue weighted by molar-refractivity contribution is 0.304. The van der Waals surface area contributed by atoms with Crippen LogP contribution in [0.15, 0.2) is 85.2 Å². The van der Waals surface area contributed by atoms with Gasteiger partial charge in [0.05, 0.1) is 84.9 Å². The summed E-state index contributed by atoms with van der Waals surface area (Å²) < 4.78 is 12.7. The molecule has 0 spiro atoms. The summed E-state index contributed by atoms with van der Waals surface area (Å²) in [7, 11) is 0. The van der Waals surface area contributed by atoms with Crippen molar-refractivity contribution in [2.75, 3.05) is 13.2 Å². The van der Waals surface area contributed by atoms with E-state index in [4.69, 9.17) is 82.4 Å². The summed E-state index contributed by atoms with van der Waals surface area (Å²) in [4.78, 5) is 27.4. The molecule has 0 saturated carbocycles. The van der Waals surface area contributed by atoms with Gasteiger partial charge in [0, 0.05) is 17.0 Å². The van der Waals surface area contributed by atoms with Crippen LogP contribution >= 0.6 is 46.4 Å². The van der Waals surface area contributed by atoms with Gasteiger partial charge in [0.25, 0.3) is 0 Å². The zero-order valence-corrected chi connectivity index (χ0v) is 58.2. The highest BCUT2D eigenvalue weighted by atomic mass is 35.5. The van der Waals surface area contributed by atoms with E-state index in [1.165, 1.54) is 205 Å². The number of nitrogens with zero attached hydrogens (tertiary/aromatic N) is 6. The monoisotopic (exact) mass is 1320 g/mol. The molecule has 92 heavy (non-hydrogen) atoms. The molecule has 8 rings (SSSR count). The molecular weight excluding hydrogens is 1220 g/mol. The number of halogens is 4. The van der Waals surface area contributed by atoms with E-state index in [2.05, 4.69) is 41.9 Å². The number of hydrogen-bond donors (Lipinski definition) is 1. The van der Waals surface area contributed by atoms with Crippen LogP contribution in [0.2, 0.25) is 20.1 Å². The van der Waals surface area contributed by atoms with E-state index >= 15 is 0 Å². The van der Waals surface area contributed by atoms with Gasteiger partial charge in [-0.05, 0) is 102 Å². The zero-order valence-electron chi connectivity index (χ0n) is 55.2. The lowest BCUT2D eigenvalue weighted by Crippen LogP contribution is -2.28. The van der Waals surface area contributed by atoms with Crippen LogP contribution in [0.5, 0.6) is 11.5 Å². The summed E-state index contributed by atoms with van der Waals surface area (Å²) in [6.07, 6.45) is 51.6. The molecule has 13 heteroatoms. The van der Waals surface area contributed by atoms with Crippen LogP contribution in [0.3, 0.4) is 0 Å². The highest BCUT2D eigenvalue weighted by molar-refractivity contribution is 6.43. The van der Waals surface area contributed by atoms with Crippen molar-refractivity contribution in [1.29, 1.82) is 5.26 Å². The summed E-state index contributed by atoms with van der Waals surface area (Å²) in [6, 6.07) is 25.5. The minimum absolute atomic E-state index is 0.265.